The van der Waals surface area contributed by atoms with Gasteiger partial charge in [0, 0.05) is 23.1 Å². The summed E-state index contributed by atoms with van der Waals surface area (Å²) in [5, 5.41) is 10.7. The smallest absolute Gasteiger partial charge is 0.108 e. The summed E-state index contributed by atoms with van der Waals surface area (Å²) in [5.74, 6) is 0.960. The maximum Gasteiger partial charge on any atom is 0.108 e. The second-order valence-corrected chi connectivity index (χ2v) is 6.65. The van der Waals surface area contributed by atoms with Crippen molar-refractivity contribution in [2.75, 3.05) is 6.61 Å². The minimum absolute atomic E-state index is 0.0118. The third kappa shape index (κ3) is 2.52. The van der Waals surface area contributed by atoms with Crippen molar-refractivity contribution >= 4 is 33.5 Å². The normalized spacial score (nSPS) is 21.2. The topological polar surface area (TPSA) is 63.7 Å². The van der Waals surface area contributed by atoms with Crippen molar-refractivity contribution in [1.82, 2.24) is 14.5 Å². The molecule has 24 heavy (non-hydrogen) atoms. The molecule has 3 aromatic rings. The number of halogens is 1. The van der Waals surface area contributed by atoms with Crippen molar-refractivity contribution in [2.45, 2.75) is 38.3 Å². The maximum absolute atomic E-state index is 8.96. The van der Waals surface area contributed by atoms with Crippen LogP contribution in [-0.2, 0) is 4.74 Å². The van der Waals surface area contributed by atoms with Crippen LogP contribution in [0.1, 0.15) is 31.1 Å². The lowest BCUT2D eigenvalue weighted by Crippen LogP contribution is -2.28. The molecule has 1 saturated heterocycles. The molecule has 122 valence electrons. The van der Waals surface area contributed by atoms with Crippen molar-refractivity contribution in [3.8, 4) is 6.07 Å². The maximum atomic E-state index is 8.96. The molecule has 0 saturated carbocycles. The van der Waals surface area contributed by atoms with E-state index in [0.717, 1.165) is 40.6 Å². The molecule has 5 nitrogen and oxygen atoms in total. The Balaban J connectivity index is 1.90. The third-order valence-electron chi connectivity index (χ3n) is 4.68. The fourth-order valence-corrected chi connectivity index (χ4v) is 3.82. The highest BCUT2D eigenvalue weighted by Crippen LogP contribution is 2.34. The lowest BCUT2D eigenvalue weighted by Gasteiger charge is -2.30. The Bertz CT molecular complexity index is 959. The van der Waals surface area contributed by atoms with E-state index < -0.39 is 0 Å². The van der Waals surface area contributed by atoms with Crippen molar-refractivity contribution in [3.05, 3.63) is 35.2 Å². The van der Waals surface area contributed by atoms with Crippen LogP contribution in [0.15, 0.2) is 24.4 Å². The molecular weight excluding hydrogens is 324 g/mol. The summed E-state index contributed by atoms with van der Waals surface area (Å²) in [5.41, 5.74) is 2.86. The monoisotopic (exact) mass is 340 g/mol. The Morgan fingerprint density at radius 1 is 1.42 bits per heavy atom. The number of fused-ring (bicyclic) bond motifs is 3. The molecule has 4 rings (SSSR count). The van der Waals surface area contributed by atoms with Crippen molar-refractivity contribution < 1.29 is 4.74 Å². The number of aryl methyl sites for hydroxylation is 1. The highest BCUT2D eigenvalue weighted by Gasteiger charge is 2.27. The Morgan fingerprint density at radius 2 is 2.29 bits per heavy atom. The highest BCUT2D eigenvalue weighted by molar-refractivity contribution is 6.31. The van der Waals surface area contributed by atoms with Crippen molar-refractivity contribution in [2.24, 2.45) is 0 Å². The van der Waals surface area contributed by atoms with E-state index >= 15 is 0 Å². The molecule has 1 aromatic carbocycles. The predicted molar refractivity (Wildman–Crippen MR) is 93.0 cm³/mol. The van der Waals surface area contributed by atoms with Crippen LogP contribution in [0.5, 0.6) is 0 Å². The number of benzene rings is 1. The minimum atomic E-state index is -0.0118. The number of hydrogen-bond acceptors (Lipinski definition) is 4. The highest BCUT2D eigenvalue weighted by atomic mass is 35.5. The zero-order valence-corrected chi connectivity index (χ0v) is 14.1. The number of hydrogen-bond donors (Lipinski definition) is 0. The van der Waals surface area contributed by atoms with Crippen molar-refractivity contribution in [3.63, 3.8) is 0 Å². The van der Waals surface area contributed by atoms with Crippen LogP contribution >= 0.6 is 11.6 Å². The molecule has 2 aromatic heterocycles. The van der Waals surface area contributed by atoms with Gasteiger partial charge in [0.1, 0.15) is 11.3 Å². The van der Waals surface area contributed by atoms with Gasteiger partial charge in [-0.2, -0.15) is 5.26 Å². The van der Waals surface area contributed by atoms with Crippen LogP contribution in [-0.4, -0.2) is 27.2 Å². The first kappa shape index (κ1) is 15.4. The number of nitrogens with zero attached hydrogens (tertiary/aromatic N) is 4. The van der Waals surface area contributed by atoms with Gasteiger partial charge in [0.25, 0.3) is 0 Å². The molecule has 0 radical (unpaired) electrons. The van der Waals surface area contributed by atoms with Gasteiger partial charge in [0.05, 0.1) is 35.8 Å². The van der Waals surface area contributed by atoms with Gasteiger partial charge >= 0.3 is 0 Å². The lowest BCUT2D eigenvalue weighted by molar-refractivity contribution is -0.00192. The van der Waals surface area contributed by atoms with Crippen molar-refractivity contribution in [1.29, 1.82) is 5.26 Å². The molecule has 0 spiro atoms. The number of imidazole rings is 1. The molecule has 1 fully saturated rings. The summed E-state index contributed by atoms with van der Waals surface area (Å²) in [6.45, 7) is 2.69. The zero-order valence-electron chi connectivity index (χ0n) is 13.4. The van der Waals surface area contributed by atoms with Gasteiger partial charge in [0.2, 0.25) is 0 Å². The quantitative estimate of drug-likeness (QED) is 0.702. The van der Waals surface area contributed by atoms with Gasteiger partial charge in [0.15, 0.2) is 0 Å². The van der Waals surface area contributed by atoms with E-state index in [0.29, 0.717) is 18.1 Å². The summed E-state index contributed by atoms with van der Waals surface area (Å²) < 4.78 is 8.00. The summed E-state index contributed by atoms with van der Waals surface area (Å²) >= 11 is 6.21. The summed E-state index contributed by atoms with van der Waals surface area (Å²) in [6, 6.07) is 8.23. The Kier molecular flexibility index (Phi) is 3.87. The minimum Gasteiger partial charge on any atom is -0.377 e. The first-order valence-electron chi connectivity index (χ1n) is 8.08. The molecule has 1 aliphatic heterocycles. The molecular formula is C18H17ClN4O. The van der Waals surface area contributed by atoms with E-state index in [1.807, 2.05) is 31.3 Å². The Hall–Kier alpha value is -2.16. The standard InChI is InChI=1S/C18H17ClN4O/c1-11-22-17-10-21-16-3-2-12(19)8-15(16)18(17)23(11)13-5-7-24-14(9-13)4-6-20/h2-3,8,10,13-14H,4-5,7,9H2,1H3. The van der Waals surface area contributed by atoms with E-state index in [4.69, 9.17) is 26.6 Å². The average Bonchev–Trinajstić information content (AvgIpc) is 2.92. The molecule has 0 bridgehead atoms. The summed E-state index contributed by atoms with van der Waals surface area (Å²) in [7, 11) is 0. The Morgan fingerprint density at radius 3 is 3.12 bits per heavy atom. The van der Waals surface area contributed by atoms with E-state index in [1.165, 1.54) is 0 Å². The molecule has 0 aliphatic carbocycles. The van der Waals surface area contributed by atoms with Gasteiger partial charge in [-0.1, -0.05) is 11.6 Å². The van der Waals surface area contributed by atoms with E-state index in [-0.39, 0.29) is 12.1 Å². The second-order valence-electron chi connectivity index (χ2n) is 6.22. The van der Waals surface area contributed by atoms with Crippen LogP contribution in [0, 0.1) is 18.3 Å². The van der Waals surface area contributed by atoms with E-state index in [2.05, 4.69) is 15.6 Å². The van der Waals surface area contributed by atoms with Crippen LogP contribution in [0.25, 0.3) is 21.9 Å². The fourth-order valence-electron chi connectivity index (χ4n) is 3.65. The molecule has 3 heterocycles. The molecule has 2 atom stereocenters. The molecule has 1 aliphatic rings. The molecule has 2 unspecified atom stereocenters. The van der Waals surface area contributed by atoms with Gasteiger partial charge in [-0.25, -0.2) is 4.98 Å². The van der Waals surface area contributed by atoms with Crippen LogP contribution in [0.3, 0.4) is 0 Å². The van der Waals surface area contributed by atoms with Crippen LogP contribution in [0.2, 0.25) is 5.02 Å². The number of aromatic nitrogens is 3. The lowest BCUT2D eigenvalue weighted by atomic mass is 10.0. The first-order valence-corrected chi connectivity index (χ1v) is 8.46. The van der Waals surface area contributed by atoms with Crippen LogP contribution in [0.4, 0.5) is 0 Å². The van der Waals surface area contributed by atoms with Gasteiger partial charge in [-0.3, -0.25) is 4.98 Å². The van der Waals surface area contributed by atoms with Gasteiger partial charge < -0.3 is 9.30 Å². The summed E-state index contributed by atoms with van der Waals surface area (Å²) in [4.78, 5) is 9.18. The molecule has 6 heteroatoms. The molecule has 0 N–H and O–H groups in total. The number of pyridine rings is 1. The SMILES string of the molecule is Cc1nc2cnc3ccc(Cl)cc3c2n1C1CCOC(CC#N)C1. The van der Waals surface area contributed by atoms with Crippen LogP contribution < -0.4 is 0 Å². The van der Waals surface area contributed by atoms with Gasteiger partial charge in [-0.05, 0) is 38.0 Å². The first-order chi connectivity index (χ1) is 11.7. The van der Waals surface area contributed by atoms with E-state index in [1.54, 1.807) is 0 Å². The fraction of sp³-hybridized carbons (Fsp3) is 0.389. The average molecular weight is 341 g/mol. The predicted octanol–water partition coefficient (Wildman–Crippen LogP) is 4.18. The Labute approximate surface area is 144 Å². The number of nitriles is 1. The zero-order chi connectivity index (χ0) is 16.7. The second kappa shape index (κ2) is 6.04. The number of ether oxygens (including phenoxy) is 1. The van der Waals surface area contributed by atoms with Gasteiger partial charge in [-0.15, -0.1) is 0 Å². The third-order valence-corrected chi connectivity index (χ3v) is 4.91. The van der Waals surface area contributed by atoms with E-state index in [9.17, 15) is 0 Å². The summed E-state index contributed by atoms with van der Waals surface area (Å²) in [6.07, 6.45) is 3.97. The molecule has 0 amide bonds. The number of rotatable bonds is 2. The largest absolute Gasteiger partial charge is 0.377 e.